The molecule has 0 aromatic rings. The van der Waals surface area contributed by atoms with Gasteiger partial charge in [0.25, 0.3) is 0 Å². The van der Waals surface area contributed by atoms with Crippen molar-refractivity contribution in [1.29, 1.82) is 0 Å². The zero-order valence-electron chi connectivity index (χ0n) is 3.56. The van der Waals surface area contributed by atoms with E-state index >= 15 is 0 Å². The van der Waals surface area contributed by atoms with Crippen LogP contribution in [0.5, 0.6) is 0 Å². The predicted molar refractivity (Wildman–Crippen MR) is 1.11 cm³/mol. The fourth-order valence-electron chi connectivity index (χ4n) is 0. The first kappa shape index (κ1) is 25.9. The topological polar surface area (TPSA) is 0 Å². The Kier molecular flexibility index (Phi) is 104. The molecule has 0 atom stereocenters. The van der Waals surface area contributed by atoms with Crippen molar-refractivity contribution in [3.8, 4) is 0 Å². The minimum absolute atomic E-state index is 0. The summed E-state index contributed by atoms with van der Waals surface area (Å²) >= 11 is 0. The minimum atomic E-state index is 0. The fraction of sp³-hybridized carbons (Fsp3) is 0. The predicted octanol–water partition coefficient (Wildman–Crippen LogP) is -2.89. The van der Waals surface area contributed by atoms with Crippen LogP contribution >= 0.6 is 0 Å². The van der Waals surface area contributed by atoms with E-state index in [2.05, 4.69) is 0 Å². The average molecular weight is 209 g/mol. The Balaban J connectivity index is 0. The third-order valence-corrected chi connectivity index (χ3v) is 0. The van der Waals surface area contributed by atoms with Crippen LogP contribution in [0, 0.1) is 0 Å². The summed E-state index contributed by atoms with van der Waals surface area (Å²) in [7, 11) is 0. The standard InChI is InChI=1S/Fe.K.Ti.Zn.H/q;+1;;;-1. The molecule has 0 amide bonds. The summed E-state index contributed by atoms with van der Waals surface area (Å²) in [6, 6.07) is 0. The molecule has 4 heteroatoms. The van der Waals surface area contributed by atoms with Crippen LogP contribution in [0.1, 0.15) is 1.43 Å². The van der Waals surface area contributed by atoms with Crippen molar-refractivity contribution in [3.63, 3.8) is 0 Å². The van der Waals surface area contributed by atoms with Crippen LogP contribution in [0.3, 0.4) is 0 Å². The third kappa shape index (κ3) is 9.09. The number of hydrogen-bond acceptors (Lipinski definition) is 0. The molecule has 4 heavy (non-hydrogen) atoms. The van der Waals surface area contributed by atoms with Crippen molar-refractivity contribution in [3.05, 3.63) is 0 Å². The van der Waals surface area contributed by atoms with Gasteiger partial charge < -0.3 is 1.43 Å². The fourth-order valence-corrected chi connectivity index (χ4v) is 0. The van der Waals surface area contributed by atoms with Gasteiger partial charge in [0.15, 0.2) is 0 Å². The van der Waals surface area contributed by atoms with Gasteiger partial charge in [-0.25, -0.2) is 0 Å². The van der Waals surface area contributed by atoms with Gasteiger partial charge in [-0.2, -0.15) is 0 Å². The SMILES string of the molecule is [Fe].[H-].[K+].[Ti].[Zn]. The van der Waals surface area contributed by atoms with Crippen LogP contribution < -0.4 is 51.4 Å². The van der Waals surface area contributed by atoms with Gasteiger partial charge in [-0.3, -0.25) is 0 Å². The molecule has 0 unspecified atom stereocenters. The van der Waals surface area contributed by atoms with E-state index in [-0.39, 0.29) is 111 Å². The summed E-state index contributed by atoms with van der Waals surface area (Å²) in [5.41, 5.74) is 0. The van der Waals surface area contributed by atoms with Gasteiger partial charge in [0.05, 0.1) is 0 Å². The molecule has 0 nitrogen and oxygen atoms in total. The monoisotopic (exact) mass is 208 g/mol. The molecule has 0 aromatic heterocycles. The van der Waals surface area contributed by atoms with Gasteiger partial charge in [-0.1, -0.05) is 0 Å². The Labute approximate surface area is 108 Å². The molecule has 16 valence electrons. The second-order valence-corrected chi connectivity index (χ2v) is 0. The average Bonchev–Trinajstić information content (AvgIpc) is 0. The van der Waals surface area contributed by atoms with E-state index in [1.54, 1.807) is 0 Å². The first-order valence-electron chi connectivity index (χ1n) is 0. The maximum atomic E-state index is 0. The molecule has 0 aromatic carbocycles. The molecular formula is HFeKTiZn. The molecule has 0 fully saturated rings. The summed E-state index contributed by atoms with van der Waals surface area (Å²) in [5, 5.41) is 0. The van der Waals surface area contributed by atoms with Crippen molar-refractivity contribution in [2.45, 2.75) is 0 Å². The molecule has 0 aliphatic carbocycles. The molecule has 0 N–H and O–H groups in total. The molecule has 0 rings (SSSR count). The Morgan fingerprint density at radius 3 is 1.25 bits per heavy atom. The molecule has 0 radical (unpaired) electrons. The van der Waals surface area contributed by atoms with Crippen molar-refractivity contribution in [2.75, 3.05) is 0 Å². The van der Waals surface area contributed by atoms with Gasteiger partial charge in [-0.15, -0.1) is 0 Å². The summed E-state index contributed by atoms with van der Waals surface area (Å²) < 4.78 is 0. The largest absolute Gasteiger partial charge is 1.00 e. The van der Waals surface area contributed by atoms with Crippen LogP contribution in [-0.2, 0) is 58.3 Å². The zero-order chi connectivity index (χ0) is 0. The van der Waals surface area contributed by atoms with Crippen molar-refractivity contribution in [2.24, 2.45) is 0 Å². The first-order chi connectivity index (χ1) is 0. The van der Waals surface area contributed by atoms with E-state index in [4.69, 9.17) is 0 Å². The van der Waals surface area contributed by atoms with Crippen LogP contribution in [0.2, 0.25) is 0 Å². The maximum Gasteiger partial charge on any atom is 1.00 e. The zero-order valence-corrected chi connectivity index (χ0v) is 11.3. The van der Waals surface area contributed by atoms with Gasteiger partial charge in [0.2, 0.25) is 0 Å². The van der Waals surface area contributed by atoms with Crippen LogP contribution in [0.4, 0.5) is 0 Å². The van der Waals surface area contributed by atoms with E-state index in [0.29, 0.717) is 0 Å². The smallest absolute Gasteiger partial charge is 1.00 e. The molecular weight excluding hydrogens is 208 g/mol. The van der Waals surface area contributed by atoms with Gasteiger partial charge >= 0.3 is 51.4 Å². The third-order valence-electron chi connectivity index (χ3n) is 0. The first-order valence-corrected chi connectivity index (χ1v) is 0. The van der Waals surface area contributed by atoms with E-state index in [1.807, 2.05) is 0 Å². The molecule has 0 heterocycles. The van der Waals surface area contributed by atoms with Crippen molar-refractivity contribution >= 4 is 0 Å². The van der Waals surface area contributed by atoms with E-state index in [1.165, 1.54) is 0 Å². The van der Waals surface area contributed by atoms with Crippen molar-refractivity contribution < 1.29 is 111 Å². The molecule has 0 bridgehead atoms. The van der Waals surface area contributed by atoms with Crippen LogP contribution in [0.15, 0.2) is 0 Å². The second kappa shape index (κ2) is 16.1. The Morgan fingerprint density at radius 2 is 1.25 bits per heavy atom. The Bertz CT molecular complexity index is 11.6. The number of hydrogen-bond donors (Lipinski definition) is 0. The van der Waals surface area contributed by atoms with Crippen LogP contribution in [-0.4, -0.2) is 0 Å². The molecule has 0 aliphatic rings. The van der Waals surface area contributed by atoms with Gasteiger partial charge in [-0.05, 0) is 0 Å². The molecule has 0 saturated heterocycles. The maximum absolute atomic E-state index is 0. The number of rotatable bonds is 0. The molecule has 0 spiro atoms. The quantitative estimate of drug-likeness (QED) is 0.376. The van der Waals surface area contributed by atoms with Crippen LogP contribution in [0.25, 0.3) is 0 Å². The molecule has 0 aliphatic heterocycles. The summed E-state index contributed by atoms with van der Waals surface area (Å²) in [5.74, 6) is 0. The molecule has 0 saturated carbocycles. The van der Waals surface area contributed by atoms with E-state index in [9.17, 15) is 0 Å². The van der Waals surface area contributed by atoms with Gasteiger partial charge in [0, 0.05) is 58.3 Å². The Morgan fingerprint density at radius 1 is 1.25 bits per heavy atom. The Hall–Kier alpha value is 3.49. The van der Waals surface area contributed by atoms with Crippen molar-refractivity contribution in [1.82, 2.24) is 0 Å². The summed E-state index contributed by atoms with van der Waals surface area (Å²) in [6.45, 7) is 0. The van der Waals surface area contributed by atoms with E-state index < -0.39 is 0 Å². The summed E-state index contributed by atoms with van der Waals surface area (Å²) in [4.78, 5) is 0. The normalized spacial score (nSPS) is 0. The summed E-state index contributed by atoms with van der Waals surface area (Å²) in [6.07, 6.45) is 0. The minimum Gasteiger partial charge on any atom is -1.00 e. The second-order valence-electron chi connectivity index (χ2n) is 0. The van der Waals surface area contributed by atoms with E-state index in [0.717, 1.165) is 0 Å². The van der Waals surface area contributed by atoms with Gasteiger partial charge in [0.1, 0.15) is 0 Å².